The molecule has 0 aromatic rings. The molecule has 1 fully saturated rings. The third-order valence-electron chi connectivity index (χ3n) is 2.95. The molecule has 1 rings (SSSR count). The zero-order valence-corrected chi connectivity index (χ0v) is 8.55. The summed E-state index contributed by atoms with van der Waals surface area (Å²) >= 11 is 0. The highest BCUT2D eigenvalue weighted by Gasteiger charge is 2.53. The van der Waals surface area contributed by atoms with Crippen LogP contribution in [0.4, 0.5) is 0 Å². The molecular formula is C10H19NO2. The number of carboxylic acid groups (broad SMARTS) is 1. The minimum absolute atomic E-state index is 0.492. The molecule has 76 valence electrons. The van der Waals surface area contributed by atoms with E-state index in [1.165, 1.54) is 12.8 Å². The van der Waals surface area contributed by atoms with E-state index in [1.807, 2.05) is 11.9 Å². The quantitative estimate of drug-likeness (QED) is 0.641. The first kappa shape index (κ1) is 10.5. The molecule has 3 nitrogen and oxygen atoms in total. The highest BCUT2D eigenvalue weighted by molar-refractivity contribution is 5.82. The second kappa shape index (κ2) is 4.09. The Kier molecular flexibility index (Phi) is 3.31. The van der Waals surface area contributed by atoms with Gasteiger partial charge in [0.05, 0.1) is 0 Å². The van der Waals surface area contributed by atoms with Crippen LogP contribution >= 0.6 is 0 Å². The number of aliphatic carboxylic acids is 1. The van der Waals surface area contributed by atoms with Crippen molar-refractivity contribution in [2.75, 3.05) is 13.6 Å². The van der Waals surface area contributed by atoms with Crippen LogP contribution in [0.25, 0.3) is 0 Å². The zero-order chi connectivity index (χ0) is 9.90. The lowest BCUT2D eigenvalue weighted by Gasteiger charge is -2.23. The summed E-state index contributed by atoms with van der Waals surface area (Å²) in [6, 6.07) is 0. The molecule has 1 saturated carbocycles. The third kappa shape index (κ3) is 2.21. The van der Waals surface area contributed by atoms with E-state index in [9.17, 15) is 4.79 Å². The fourth-order valence-electron chi connectivity index (χ4n) is 1.69. The maximum Gasteiger partial charge on any atom is 0.324 e. The molecule has 1 N–H and O–H groups in total. The minimum atomic E-state index is -0.647. The highest BCUT2D eigenvalue weighted by Crippen LogP contribution is 2.41. The number of hydrogen-bond donors (Lipinski definition) is 1. The van der Waals surface area contributed by atoms with Crippen molar-refractivity contribution in [2.24, 2.45) is 0 Å². The maximum atomic E-state index is 10.9. The number of hydrogen-bond acceptors (Lipinski definition) is 2. The van der Waals surface area contributed by atoms with E-state index in [1.54, 1.807) is 0 Å². The molecule has 0 saturated heterocycles. The van der Waals surface area contributed by atoms with Crippen molar-refractivity contribution in [1.82, 2.24) is 4.90 Å². The first-order valence-corrected chi connectivity index (χ1v) is 5.08. The van der Waals surface area contributed by atoms with Crippen LogP contribution in [0.1, 0.15) is 39.0 Å². The summed E-state index contributed by atoms with van der Waals surface area (Å²) in [6.07, 6.45) is 5.14. The molecule has 0 aliphatic heterocycles. The van der Waals surface area contributed by atoms with E-state index >= 15 is 0 Å². The molecule has 3 heteroatoms. The van der Waals surface area contributed by atoms with Crippen molar-refractivity contribution in [3.8, 4) is 0 Å². The van der Waals surface area contributed by atoms with Crippen LogP contribution in [0.15, 0.2) is 0 Å². The van der Waals surface area contributed by atoms with Crippen molar-refractivity contribution in [3.63, 3.8) is 0 Å². The first-order valence-electron chi connectivity index (χ1n) is 5.08. The van der Waals surface area contributed by atoms with E-state index in [0.29, 0.717) is 0 Å². The standard InChI is InChI=1S/C10H19NO2/c1-3-4-5-8-11(2)10(6-7-10)9(12)13/h3-8H2,1-2H3,(H,12,13). The Labute approximate surface area is 79.7 Å². The monoisotopic (exact) mass is 185 g/mol. The third-order valence-corrected chi connectivity index (χ3v) is 2.95. The summed E-state index contributed by atoms with van der Waals surface area (Å²) in [5, 5.41) is 8.99. The van der Waals surface area contributed by atoms with E-state index < -0.39 is 11.5 Å². The number of unbranched alkanes of at least 4 members (excludes halogenated alkanes) is 2. The number of carboxylic acids is 1. The predicted octanol–water partition coefficient (Wildman–Crippen LogP) is 1.73. The van der Waals surface area contributed by atoms with Gasteiger partial charge in [-0.2, -0.15) is 0 Å². The highest BCUT2D eigenvalue weighted by atomic mass is 16.4. The number of likely N-dealkylation sites (N-methyl/N-ethyl adjacent to an activating group) is 1. The van der Waals surface area contributed by atoms with Crippen LogP contribution in [-0.2, 0) is 4.79 Å². The minimum Gasteiger partial charge on any atom is -0.480 e. The molecule has 0 spiro atoms. The van der Waals surface area contributed by atoms with Crippen LogP contribution in [0.5, 0.6) is 0 Å². The summed E-state index contributed by atoms with van der Waals surface area (Å²) in [6.45, 7) is 3.07. The molecule has 0 aromatic heterocycles. The van der Waals surface area contributed by atoms with Gasteiger partial charge in [0.15, 0.2) is 0 Å². The van der Waals surface area contributed by atoms with Crippen molar-refractivity contribution >= 4 is 5.97 Å². The Balaban J connectivity index is 2.30. The maximum absolute atomic E-state index is 10.9. The van der Waals surface area contributed by atoms with E-state index in [-0.39, 0.29) is 0 Å². The van der Waals surface area contributed by atoms with Crippen molar-refractivity contribution in [2.45, 2.75) is 44.6 Å². The molecule has 13 heavy (non-hydrogen) atoms. The van der Waals surface area contributed by atoms with Crippen LogP contribution < -0.4 is 0 Å². The summed E-state index contributed by atoms with van der Waals surface area (Å²) in [5.41, 5.74) is -0.492. The molecular weight excluding hydrogens is 166 g/mol. The largest absolute Gasteiger partial charge is 0.480 e. The van der Waals surface area contributed by atoms with Crippen molar-refractivity contribution < 1.29 is 9.90 Å². The predicted molar refractivity (Wildman–Crippen MR) is 51.8 cm³/mol. The Morgan fingerprint density at radius 1 is 1.46 bits per heavy atom. The normalized spacial score (nSPS) is 19.0. The molecule has 1 aliphatic carbocycles. The van der Waals surface area contributed by atoms with Gasteiger partial charge in [0.1, 0.15) is 5.54 Å². The Bertz CT molecular complexity index is 187. The summed E-state index contributed by atoms with van der Waals surface area (Å²) in [4.78, 5) is 12.9. The van der Waals surface area contributed by atoms with Crippen molar-refractivity contribution in [3.05, 3.63) is 0 Å². The van der Waals surface area contributed by atoms with Crippen LogP contribution in [0.3, 0.4) is 0 Å². The van der Waals surface area contributed by atoms with Crippen LogP contribution in [0.2, 0.25) is 0 Å². The molecule has 0 unspecified atom stereocenters. The Morgan fingerprint density at radius 3 is 2.46 bits per heavy atom. The lowest BCUT2D eigenvalue weighted by molar-refractivity contribution is -0.144. The van der Waals surface area contributed by atoms with Gasteiger partial charge in [-0.3, -0.25) is 9.69 Å². The second-order valence-corrected chi connectivity index (χ2v) is 3.97. The van der Waals surface area contributed by atoms with Gasteiger partial charge in [-0.1, -0.05) is 19.8 Å². The summed E-state index contributed by atoms with van der Waals surface area (Å²) < 4.78 is 0. The molecule has 0 amide bonds. The molecule has 0 radical (unpaired) electrons. The van der Waals surface area contributed by atoms with E-state index in [0.717, 1.165) is 25.8 Å². The topological polar surface area (TPSA) is 40.5 Å². The SMILES string of the molecule is CCCCCN(C)C1(C(=O)O)CC1. The molecule has 0 atom stereocenters. The lowest BCUT2D eigenvalue weighted by atomic mass is 10.2. The van der Waals surface area contributed by atoms with Gasteiger partial charge in [0.25, 0.3) is 0 Å². The van der Waals surface area contributed by atoms with Gasteiger partial charge in [0, 0.05) is 0 Å². The van der Waals surface area contributed by atoms with Crippen LogP contribution in [-0.4, -0.2) is 35.1 Å². The van der Waals surface area contributed by atoms with Gasteiger partial charge in [-0.25, -0.2) is 0 Å². The van der Waals surface area contributed by atoms with Gasteiger partial charge in [0.2, 0.25) is 0 Å². The summed E-state index contributed by atoms with van der Waals surface area (Å²) in [5.74, 6) is -0.647. The Hall–Kier alpha value is -0.570. The van der Waals surface area contributed by atoms with Crippen molar-refractivity contribution in [1.29, 1.82) is 0 Å². The molecule has 0 bridgehead atoms. The number of rotatable bonds is 6. The molecule has 0 heterocycles. The fraction of sp³-hybridized carbons (Fsp3) is 0.900. The molecule has 1 aliphatic rings. The number of carbonyl (C=O) groups is 1. The van der Waals surface area contributed by atoms with E-state index in [4.69, 9.17) is 5.11 Å². The summed E-state index contributed by atoms with van der Waals surface area (Å²) in [7, 11) is 1.93. The average molecular weight is 185 g/mol. The van der Waals surface area contributed by atoms with E-state index in [2.05, 4.69) is 6.92 Å². The second-order valence-electron chi connectivity index (χ2n) is 3.97. The van der Waals surface area contributed by atoms with Gasteiger partial charge >= 0.3 is 5.97 Å². The van der Waals surface area contributed by atoms with Crippen LogP contribution in [0, 0.1) is 0 Å². The Morgan fingerprint density at radius 2 is 2.08 bits per heavy atom. The smallest absolute Gasteiger partial charge is 0.324 e. The van der Waals surface area contributed by atoms with Gasteiger partial charge in [-0.05, 0) is 32.9 Å². The lowest BCUT2D eigenvalue weighted by Crippen LogP contribution is -2.41. The van der Waals surface area contributed by atoms with Gasteiger partial charge < -0.3 is 5.11 Å². The average Bonchev–Trinajstić information content (AvgIpc) is 2.84. The molecule has 0 aromatic carbocycles. The fourth-order valence-corrected chi connectivity index (χ4v) is 1.69. The zero-order valence-electron chi connectivity index (χ0n) is 8.55. The first-order chi connectivity index (χ1) is 6.13. The van der Waals surface area contributed by atoms with Gasteiger partial charge in [-0.15, -0.1) is 0 Å². The number of nitrogens with zero attached hydrogens (tertiary/aromatic N) is 1.